The molecule has 1 atom stereocenters. The first-order valence-electron chi connectivity index (χ1n) is 13.2. The third kappa shape index (κ3) is 8.89. The van der Waals surface area contributed by atoms with Crippen LogP contribution in [0, 0.1) is 18.8 Å². The molecule has 3 N–H and O–H groups in total. The zero-order valence-electron chi connectivity index (χ0n) is 24.0. The Morgan fingerprint density at radius 1 is 1.23 bits per heavy atom. The first kappa shape index (κ1) is 31.8. The number of likely N-dealkylation sites (N-methyl/N-ethyl adjacent to an activating group) is 1. The smallest absolute Gasteiger partial charge is 0.291 e. The lowest BCUT2D eigenvalue weighted by Crippen LogP contribution is -2.49. The van der Waals surface area contributed by atoms with Gasteiger partial charge in [0, 0.05) is 31.6 Å². The first-order chi connectivity index (χ1) is 20.9. The maximum Gasteiger partial charge on any atom is 0.291 e. The van der Waals surface area contributed by atoms with E-state index in [0.29, 0.717) is 30.1 Å². The molecule has 12 heteroatoms. The number of nitrogens with one attached hydrogen (secondary N) is 2. The number of H-pyrrole nitrogens is 1. The van der Waals surface area contributed by atoms with Crippen LogP contribution in [-0.2, 0) is 22.6 Å². The molecule has 0 saturated carbocycles. The summed E-state index contributed by atoms with van der Waals surface area (Å²) < 4.78 is 7.63. The molecule has 5 rings (SSSR count). The van der Waals surface area contributed by atoms with Gasteiger partial charge in [0.05, 0.1) is 18.4 Å². The second-order valence-electron chi connectivity index (χ2n) is 9.12. The summed E-state index contributed by atoms with van der Waals surface area (Å²) in [7, 11) is 1.65. The Bertz CT molecular complexity index is 1580. The van der Waals surface area contributed by atoms with Gasteiger partial charge in [0.2, 0.25) is 5.82 Å². The highest BCUT2D eigenvalue weighted by Gasteiger charge is 2.31. The molecule has 2 amide bonds. The van der Waals surface area contributed by atoms with Crippen LogP contribution in [0.2, 0.25) is 0 Å². The van der Waals surface area contributed by atoms with E-state index in [4.69, 9.17) is 14.6 Å². The number of carbonyl (C=O) groups excluding carboxylic acids is 2. The topological polar surface area (TPSA) is 155 Å². The fraction of sp³-hybridized carbons (Fsp3) is 0.226. The summed E-state index contributed by atoms with van der Waals surface area (Å²) in [5.74, 6) is 6.60. The van der Waals surface area contributed by atoms with Crippen LogP contribution in [0.1, 0.15) is 39.6 Å². The molecule has 222 valence electrons. The van der Waals surface area contributed by atoms with Crippen LogP contribution < -0.4 is 15.0 Å². The van der Waals surface area contributed by atoms with E-state index in [1.165, 1.54) is 4.90 Å². The number of aromatic nitrogens is 5. The van der Waals surface area contributed by atoms with Crippen molar-refractivity contribution in [1.29, 1.82) is 0 Å². The van der Waals surface area contributed by atoms with Crippen LogP contribution in [-0.4, -0.2) is 68.1 Å². The summed E-state index contributed by atoms with van der Waals surface area (Å²) in [6.07, 6.45) is 5.02. The maximum absolute atomic E-state index is 12.9. The summed E-state index contributed by atoms with van der Waals surface area (Å²) in [6, 6.07) is 14.2. The Labute approximate surface area is 249 Å². The number of rotatable bonds is 6. The van der Waals surface area contributed by atoms with Crippen molar-refractivity contribution in [2.75, 3.05) is 18.6 Å². The summed E-state index contributed by atoms with van der Waals surface area (Å²) in [5, 5.41) is 20.7. The highest BCUT2D eigenvalue weighted by atomic mass is 16.5. The second kappa shape index (κ2) is 15.9. The van der Waals surface area contributed by atoms with Gasteiger partial charge in [-0.1, -0.05) is 36.1 Å². The predicted octanol–water partition coefficient (Wildman–Crippen LogP) is 3.00. The summed E-state index contributed by atoms with van der Waals surface area (Å²) in [4.78, 5) is 39.8. The number of para-hydroxylation sites is 2. The number of amides is 2. The van der Waals surface area contributed by atoms with Crippen LogP contribution in [0.4, 0.5) is 5.69 Å². The molecule has 0 radical (unpaired) electrons. The van der Waals surface area contributed by atoms with Crippen molar-refractivity contribution >= 4 is 24.0 Å². The highest BCUT2D eigenvalue weighted by Crippen LogP contribution is 2.29. The molecule has 3 heterocycles. The average molecular weight is 584 g/mol. The largest absolute Gasteiger partial charge is 0.489 e. The minimum absolute atomic E-state index is 0.0152. The van der Waals surface area contributed by atoms with Crippen LogP contribution in [0.5, 0.6) is 5.75 Å². The van der Waals surface area contributed by atoms with Gasteiger partial charge >= 0.3 is 0 Å². The van der Waals surface area contributed by atoms with Gasteiger partial charge in [0.25, 0.3) is 18.3 Å². The number of anilines is 1. The minimum atomic E-state index is -0.862. The van der Waals surface area contributed by atoms with Crippen molar-refractivity contribution in [3.8, 4) is 17.6 Å². The number of nitrogens with zero attached hydrogens (tertiary/aromatic N) is 5. The number of fused-ring (bicyclic) bond motifs is 1. The highest BCUT2D eigenvalue weighted by molar-refractivity contribution is 6.02. The monoisotopic (exact) mass is 583 g/mol. The lowest BCUT2D eigenvalue weighted by molar-refractivity contribution is -0.123. The molecule has 12 nitrogen and oxygen atoms in total. The Balaban J connectivity index is 0.000000953. The Morgan fingerprint density at radius 2 is 1.95 bits per heavy atom. The standard InChI is InChI=1S/C28H27N7O3.C2H4.CH2O2/c1-19-16-29-35(17-19)14-6-5-7-20-10-12-21(13-11-20)15-25-31-26(33-32-25)27(36)30-22-18-38-24-9-4-3-8-23(24)34(2)28(22)37;1-2;2-1-3/h3-4,8-13,16-17,22H,6,14-15,18H2,1-2H3,(H,30,36)(H,31,32,33);1-2H2;1H,(H,2,3). The number of aromatic amines is 1. The number of hydrogen-bond acceptors (Lipinski definition) is 7. The van der Waals surface area contributed by atoms with Gasteiger partial charge in [-0.3, -0.25) is 24.2 Å². The third-order valence-electron chi connectivity index (χ3n) is 6.09. The van der Waals surface area contributed by atoms with Crippen molar-refractivity contribution in [1.82, 2.24) is 30.3 Å². The van der Waals surface area contributed by atoms with Crippen LogP contribution in [0.25, 0.3) is 0 Å². The van der Waals surface area contributed by atoms with Crippen LogP contribution in [0.3, 0.4) is 0 Å². The predicted molar refractivity (Wildman–Crippen MR) is 161 cm³/mol. The van der Waals surface area contributed by atoms with Gasteiger partial charge in [-0.15, -0.1) is 18.3 Å². The van der Waals surface area contributed by atoms with Crippen molar-refractivity contribution in [2.24, 2.45) is 0 Å². The van der Waals surface area contributed by atoms with Gasteiger partial charge < -0.3 is 20.1 Å². The number of hydrogen-bond donors (Lipinski definition) is 3. The fourth-order valence-electron chi connectivity index (χ4n) is 4.08. The van der Waals surface area contributed by atoms with Crippen molar-refractivity contribution in [3.05, 3.63) is 102 Å². The molecule has 1 aliphatic heterocycles. The van der Waals surface area contributed by atoms with Crippen molar-refractivity contribution in [3.63, 3.8) is 0 Å². The van der Waals surface area contributed by atoms with Gasteiger partial charge in [-0.05, 0) is 42.3 Å². The van der Waals surface area contributed by atoms with E-state index in [-0.39, 0.29) is 24.8 Å². The summed E-state index contributed by atoms with van der Waals surface area (Å²) in [6.45, 7) is 8.54. The molecule has 2 aromatic carbocycles. The average Bonchev–Trinajstić information content (AvgIpc) is 3.65. The van der Waals surface area contributed by atoms with Gasteiger partial charge in [0.1, 0.15) is 24.2 Å². The normalized spacial score (nSPS) is 13.3. The lowest BCUT2D eigenvalue weighted by Gasteiger charge is -2.19. The second-order valence-corrected chi connectivity index (χ2v) is 9.12. The Hall–Kier alpha value is -5.70. The lowest BCUT2D eigenvalue weighted by atomic mass is 10.1. The van der Waals surface area contributed by atoms with E-state index < -0.39 is 11.9 Å². The van der Waals surface area contributed by atoms with E-state index in [2.05, 4.69) is 50.6 Å². The number of benzene rings is 2. The quantitative estimate of drug-likeness (QED) is 0.178. The third-order valence-corrected chi connectivity index (χ3v) is 6.09. The minimum Gasteiger partial charge on any atom is -0.489 e. The molecule has 0 bridgehead atoms. The molecule has 43 heavy (non-hydrogen) atoms. The Kier molecular flexibility index (Phi) is 11.8. The van der Waals surface area contributed by atoms with E-state index in [1.54, 1.807) is 19.2 Å². The van der Waals surface area contributed by atoms with E-state index >= 15 is 0 Å². The number of carboxylic acid groups (broad SMARTS) is 1. The Morgan fingerprint density at radius 3 is 2.65 bits per heavy atom. The number of carbonyl (C=O) groups is 3. The molecule has 1 unspecified atom stereocenters. The molecular weight excluding hydrogens is 550 g/mol. The van der Waals surface area contributed by atoms with Gasteiger partial charge in [-0.25, -0.2) is 4.98 Å². The molecule has 4 aromatic rings. The van der Waals surface area contributed by atoms with E-state index in [9.17, 15) is 9.59 Å². The molecule has 0 spiro atoms. The van der Waals surface area contributed by atoms with Crippen molar-refractivity contribution in [2.45, 2.75) is 32.4 Å². The van der Waals surface area contributed by atoms with Gasteiger partial charge in [-0.2, -0.15) is 5.10 Å². The molecule has 0 saturated heterocycles. The molecule has 1 aliphatic rings. The molecular formula is C31H33N7O5. The number of ether oxygens (including phenoxy) is 1. The summed E-state index contributed by atoms with van der Waals surface area (Å²) >= 11 is 0. The van der Waals surface area contributed by atoms with Gasteiger partial charge in [0.15, 0.2) is 0 Å². The molecule has 0 aliphatic carbocycles. The zero-order valence-corrected chi connectivity index (χ0v) is 24.0. The number of aryl methyl sites for hydroxylation is 2. The van der Waals surface area contributed by atoms with Crippen LogP contribution in [0.15, 0.2) is 74.1 Å². The first-order valence-corrected chi connectivity index (χ1v) is 13.2. The summed E-state index contributed by atoms with van der Waals surface area (Å²) in [5.41, 5.74) is 3.70. The molecule has 0 fully saturated rings. The fourth-order valence-corrected chi connectivity index (χ4v) is 4.08. The molecule has 2 aromatic heterocycles. The van der Waals surface area contributed by atoms with E-state index in [0.717, 1.165) is 23.2 Å². The van der Waals surface area contributed by atoms with Crippen molar-refractivity contribution < 1.29 is 24.2 Å². The van der Waals surface area contributed by atoms with Crippen LogP contribution >= 0.6 is 0 Å². The van der Waals surface area contributed by atoms with E-state index in [1.807, 2.05) is 60.4 Å². The zero-order chi connectivity index (χ0) is 31.2. The SMILES string of the molecule is C=C.Cc1cnn(CCC#Cc2ccc(Cc3nc(C(=O)NC4COc5ccccc5N(C)C4=O)n[nH]3)cc2)c1.O=CO. The maximum atomic E-state index is 12.9.